The zero-order valence-corrected chi connectivity index (χ0v) is 14.7. The van der Waals surface area contributed by atoms with Crippen molar-refractivity contribution in [1.82, 2.24) is 0 Å². The molecule has 0 bridgehead atoms. The Balaban J connectivity index is 2.28. The molecule has 0 fully saturated rings. The third-order valence-electron chi connectivity index (χ3n) is 3.69. The van der Waals surface area contributed by atoms with E-state index < -0.39 is 26.8 Å². The van der Waals surface area contributed by atoms with Crippen LogP contribution in [0.2, 0.25) is 0 Å². The summed E-state index contributed by atoms with van der Waals surface area (Å²) in [4.78, 5) is 22.7. The second-order valence-electron chi connectivity index (χ2n) is 5.65. The number of nitro groups is 1. The smallest absolute Gasteiger partial charge is 0.339 e. The topological polar surface area (TPSA) is 104 Å². The maximum atomic E-state index is 12.4. The Morgan fingerprint density at radius 3 is 2.48 bits per heavy atom. The Bertz CT molecular complexity index is 936. The molecule has 7 nitrogen and oxygen atoms in total. The third kappa shape index (κ3) is 4.42. The average molecular weight is 363 g/mol. The van der Waals surface area contributed by atoms with Crippen LogP contribution >= 0.6 is 0 Å². The van der Waals surface area contributed by atoms with E-state index in [1.807, 2.05) is 0 Å². The van der Waals surface area contributed by atoms with Gasteiger partial charge in [-0.2, -0.15) is 0 Å². The van der Waals surface area contributed by atoms with Crippen LogP contribution in [0.4, 0.5) is 5.69 Å². The van der Waals surface area contributed by atoms with Crippen LogP contribution in [0.1, 0.15) is 34.5 Å². The number of hydrogen-bond acceptors (Lipinski definition) is 6. The highest BCUT2D eigenvalue weighted by Crippen LogP contribution is 2.24. The number of esters is 1. The van der Waals surface area contributed by atoms with Crippen molar-refractivity contribution in [1.29, 1.82) is 0 Å². The number of ether oxygens (including phenoxy) is 1. The van der Waals surface area contributed by atoms with Crippen molar-refractivity contribution in [3.8, 4) is 0 Å². The molecule has 2 aromatic rings. The first-order valence-corrected chi connectivity index (χ1v) is 9.25. The molecule has 8 heteroatoms. The average Bonchev–Trinajstić information content (AvgIpc) is 2.54. The summed E-state index contributed by atoms with van der Waals surface area (Å²) in [5, 5.41) is 10.8. The van der Waals surface area contributed by atoms with Crippen molar-refractivity contribution < 1.29 is 22.9 Å². The highest BCUT2D eigenvalue weighted by Gasteiger charge is 2.19. The summed E-state index contributed by atoms with van der Waals surface area (Å²) < 4.78 is 28.6. The lowest BCUT2D eigenvalue weighted by Crippen LogP contribution is -2.12. The van der Waals surface area contributed by atoms with E-state index in [4.69, 9.17) is 4.74 Å². The number of nitro benzene ring substituents is 1. The van der Waals surface area contributed by atoms with Gasteiger partial charge in [-0.3, -0.25) is 10.1 Å². The van der Waals surface area contributed by atoms with E-state index in [-0.39, 0.29) is 16.1 Å². The standard InChI is InChI=1S/C17H17NO6S/c1-11-7-8-15(25(3,22)23)10-16(11)17(19)24-12(2)13-5-4-6-14(9-13)18(20)21/h4-10,12H,1-3H3/t12-/m1/s1. The lowest BCUT2D eigenvalue weighted by molar-refractivity contribution is -0.385. The van der Waals surface area contributed by atoms with E-state index in [0.717, 1.165) is 6.26 Å². The Hall–Kier alpha value is -2.74. The third-order valence-corrected chi connectivity index (χ3v) is 4.80. The van der Waals surface area contributed by atoms with Crippen LogP contribution in [-0.4, -0.2) is 25.6 Å². The van der Waals surface area contributed by atoms with E-state index in [9.17, 15) is 23.3 Å². The maximum absolute atomic E-state index is 12.4. The molecule has 25 heavy (non-hydrogen) atoms. The molecule has 0 heterocycles. The molecule has 0 N–H and O–H groups in total. The summed E-state index contributed by atoms with van der Waals surface area (Å²) in [5.41, 5.74) is 1.08. The first kappa shape index (κ1) is 18.6. The molecule has 0 saturated heterocycles. The van der Waals surface area contributed by atoms with Crippen LogP contribution in [0.15, 0.2) is 47.4 Å². The molecule has 0 saturated carbocycles. The molecule has 0 aliphatic rings. The molecule has 0 unspecified atom stereocenters. The van der Waals surface area contributed by atoms with Gasteiger partial charge in [0.25, 0.3) is 5.69 Å². The number of carbonyl (C=O) groups excluding carboxylic acids is 1. The maximum Gasteiger partial charge on any atom is 0.339 e. The van der Waals surface area contributed by atoms with Gasteiger partial charge < -0.3 is 4.74 Å². The molecule has 1 atom stereocenters. The van der Waals surface area contributed by atoms with Crippen LogP contribution in [0.25, 0.3) is 0 Å². The predicted octanol–water partition coefficient (Wildman–Crippen LogP) is 3.22. The summed E-state index contributed by atoms with van der Waals surface area (Å²) in [6, 6.07) is 10.0. The summed E-state index contributed by atoms with van der Waals surface area (Å²) >= 11 is 0. The number of rotatable bonds is 5. The first-order valence-electron chi connectivity index (χ1n) is 7.35. The second-order valence-corrected chi connectivity index (χ2v) is 7.66. The van der Waals surface area contributed by atoms with Crippen LogP contribution in [0.3, 0.4) is 0 Å². The highest BCUT2D eigenvalue weighted by atomic mass is 32.2. The Labute approximate surface area is 145 Å². The molecule has 0 radical (unpaired) electrons. The normalized spacial score (nSPS) is 12.4. The lowest BCUT2D eigenvalue weighted by atomic mass is 10.1. The molecule has 0 aromatic heterocycles. The molecule has 0 amide bonds. The fourth-order valence-electron chi connectivity index (χ4n) is 2.23. The van der Waals surface area contributed by atoms with Crippen molar-refractivity contribution in [2.75, 3.05) is 6.26 Å². The van der Waals surface area contributed by atoms with E-state index in [0.29, 0.717) is 11.1 Å². The Morgan fingerprint density at radius 2 is 1.88 bits per heavy atom. The van der Waals surface area contributed by atoms with Crippen LogP contribution < -0.4 is 0 Å². The van der Waals surface area contributed by atoms with E-state index in [1.54, 1.807) is 19.9 Å². The van der Waals surface area contributed by atoms with Crippen LogP contribution in [-0.2, 0) is 14.6 Å². The molecule has 0 aliphatic carbocycles. The van der Waals surface area contributed by atoms with E-state index >= 15 is 0 Å². The molecular formula is C17H17NO6S. The summed E-state index contributed by atoms with van der Waals surface area (Å²) in [6.07, 6.45) is 0.326. The zero-order chi connectivity index (χ0) is 18.8. The minimum Gasteiger partial charge on any atom is -0.454 e. The number of benzene rings is 2. The molecule has 0 spiro atoms. The van der Waals surface area contributed by atoms with Gasteiger partial charge in [-0.15, -0.1) is 0 Å². The van der Waals surface area contributed by atoms with Crippen LogP contribution in [0.5, 0.6) is 0 Å². The highest BCUT2D eigenvalue weighted by molar-refractivity contribution is 7.90. The minimum atomic E-state index is -3.45. The molecule has 132 valence electrons. The van der Waals surface area contributed by atoms with Gasteiger partial charge in [0.15, 0.2) is 9.84 Å². The van der Waals surface area contributed by atoms with Gasteiger partial charge in [-0.05, 0) is 37.1 Å². The Kier molecular flexibility index (Phi) is 5.22. The fourth-order valence-corrected chi connectivity index (χ4v) is 2.88. The number of sulfone groups is 1. The van der Waals surface area contributed by atoms with Crippen molar-refractivity contribution in [2.45, 2.75) is 24.8 Å². The zero-order valence-electron chi connectivity index (χ0n) is 13.9. The Morgan fingerprint density at radius 1 is 1.20 bits per heavy atom. The van der Waals surface area contributed by atoms with Crippen molar-refractivity contribution in [3.63, 3.8) is 0 Å². The monoisotopic (exact) mass is 363 g/mol. The fraction of sp³-hybridized carbons (Fsp3) is 0.235. The first-order chi connectivity index (χ1) is 11.6. The van der Waals surface area contributed by atoms with Gasteiger partial charge in [0.1, 0.15) is 6.10 Å². The molecule has 2 rings (SSSR count). The van der Waals surface area contributed by atoms with Crippen molar-refractivity contribution in [3.05, 3.63) is 69.3 Å². The van der Waals surface area contributed by atoms with Gasteiger partial charge in [0.05, 0.1) is 15.4 Å². The number of non-ortho nitro benzene ring substituents is 1. The SMILES string of the molecule is Cc1ccc(S(C)(=O)=O)cc1C(=O)O[C@H](C)c1cccc([N+](=O)[O-])c1. The molecular weight excluding hydrogens is 346 g/mol. The van der Waals surface area contributed by atoms with Gasteiger partial charge in [-0.1, -0.05) is 18.2 Å². The predicted molar refractivity (Wildman–Crippen MR) is 91.2 cm³/mol. The minimum absolute atomic E-state index is 0.0213. The number of nitrogens with zero attached hydrogens (tertiary/aromatic N) is 1. The van der Waals surface area contributed by atoms with E-state index in [1.165, 1.54) is 36.4 Å². The quantitative estimate of drug-likeness (QED) is 0.459. The van der Waals surface area contributed by atoms with E-state index in [2.05, 4.69) is 0 Å². The number of carbonyl (C=O) groups is 1. The number of aryl methyl sites for hydroxylation is 1. The number of hydrogen-bond donors (Lipinski definition) is 0. The summed E-state index contributed by atoms with van der Waals surface area (Å²) in [7, 11) is -3.45. The van der Waals surface area contributed by atoms with Crippen LogP contribution in [0, 0.1) is 17.0 Å². The lowest BCUT2D eigenvalue weighted by Gasteiger charge is -2.15. The van der Waals surface area contributed by atoms with Gasteiger partial charge in [0, 0.05) is 18.4 Å². The molecule has 2 aromatic carbocycles. The van der Waals surface area contributed by atoms with Crippen molar-refractivity contribution >= 4 is 21.5 Å². The molecule has 0 aliphatic heterocycles. The second kappa shape index (κ2) is 7.02. The summed E-state index contributed by atoms with van der Waals surface area (Å²) in [6.45, 7) is 3.26. The van der Waals surface area contributed by atoms with Crippen molar-refractivity contribution in [2.24, 2.45) is 0 Å². The van der Waals surface area contributed by atoms with Gasteiger partial charge in [0.2, 0.25) is 0 Å². The van der Waals surface area contributed by atoms with Gasteiger partial charge >= 0.3 is 5.97 Å². The largest absolute Gasteiger partial charge is 0.454 e. The van der Waals surface area contributed by atoms with Gasteiger partial charge in [-0.25, -0.2) is 13.2 Å². The summed E-state index contributed by atoms with van der Waals surface area (Å²) in [5.74, 6) is -0.693.